The SMILES string of the molecule is Nc1ccc2nc(Oc3cccc(Br)c3)ccc2c1. The maximum Gasteiger partial charge on any atom is 0.219 e. The van der Waals surface area contributed by atoms with Crippen molar-refractivity contribution < 1.29 is 4.74 Å². The third-order valence-corrected chi connectivity index (χ3v) is 3.20. The number of pyridine rings is 1. The molecule has 0 aliphatic carbocycles. The number of hydrogen-bond donors (Lipinski definition) is 1. The number of nitrogens with zero attached hydrogens (tertiary/aromatic N) is 1. The second-order valence-corrected chi connectivity index (χ2v) is 5.08. The van der Waals surface area contributed by atoms with Gasteiger partial charge in [-0.25, -0.2) is 4.98 Å². The van der Waals surface area contributed by atoms with E-state index in [1.165, 1.54) is 0 Å². The van der Waals surface area contributed by atoms with E-state index in [-0.39, 0.29) is 0 Å². The molecule has 19 heavy (non-hydrogen) atoms. The lowest BCUT2D eigenvalue weighted by atomic mass is 10.2. The topological polar surface area (TPSA) is 48.1 Å². The molecule has 0 aliphatic heterocycles. The van der Waals surface area contributed by atoms with Gasteiger partial charge >= 0.3 is 0 Å². The van der Waals surface area contributed by atoms with Crippen molar-refractivity contribution in [1.82, 2.24) is 4.98 Å². The Kier molecular flexibility index (Phi) is 3.09. The second-order valence-electron chi connectivity index (χ2n) is 4.16. The average Bonchev–Trinajstić information content (AvgIpc) is 2.39. The molecule has 0 spiro atoms. The van der Waals surface area contributed by atoms with E-state index >= 15 is 0 Å². The molecule has 0 saturated heterocycles. The Morgan fingerprint density at radius 2 is 1.89 bits per heavy atom. The molecule has 0 unspecified atom stereocenters. The minimum absolute atomic E-state index is 0.565. The monoisotopic (exact) mass is 314 g/mol. The third-order valence-electron chi connectivity index (χ3n) is 2.71. The zero-order chi connectivity index (χ0) is 13.2. The summed E-state index contributed by atoms with van der Waals surface area (Å²) in [4.78, 5) is 4.45. The third kappa shape index (κ3) is 2.69. The molecular weight excluding hydrogens is 304 g/mol. The number of fused-ring (bicyclic) bond motifs is 1. The lowest BCUT2D eigenvalue weighted by molar-refractivity contribution is 0.465. The van der Waals surface area contributed by atoms with E-state index in [4.69, 9.17) is 10.5 Å². The van der Waals surface area contributed by atoms with Gasteiger partial charge in [0.25, 0.3) is 0 Å². The van der Waals surface area contributed by atoms with E-state index in [1.807, 2.05) is 54.6 Å². The molecule has 4 heteroatoms. The largest absolute Gasteiger partial charge is 0.439 e. The Labute approximate surface area is 119 Å². The van der Waals surface area contributed by atoms with Gasteiger partial charge in [-0.2, -0.15) is 0 Å². The van der Waals surface area contributed by atoms with Crippen molar-refractivity contribution in [2.45, 2.75) is 0 Å². The molecule has 94 valence electrons. The number of nitrogens with two attached hydrogens (primary N) is 1. The molecule has 2 N–H and O–H groups in total. The summed E-state index contributed by atoms with van der Waals surface area (Å²) >= 11 is 3.41. The molecule has 0 atom stereocenters. The van der Waals surface area contributed by atoms with Gasteiger partial charge in [0.1, 0.15) is 5.75 Å². The van der Waals surface area contributed by atoms with Crippen LogP contribution in [0.4, 0.5) is 5.69 Å². The highest BCUT2D eigenvalue weighted by Gasteiger charge is 2.02. The van der Waals surface area contributed by atoms with Crippen molar-refractivity contribution in [3.05, 3.63) is 59.1 Å². The minimum atomic E-state index is 0.565. The summed E-state index contributed by atoms with van der Waals surface area (Å²) in [5, 5.41) is 1.00. The van der Waals surface area contributed by atoms with Crippen molar-refractivity contribution in [2.24, 2.45) is 0 Å². The molecule has 1 heterocycles. The van der Waals surface area contributed by atoms with Crippen LogP contribution < -0.4 is 10.5 Å². The highest BCUT2D eigenvalue weighted by atomic mass is 79.9. The molecule has 0 radical (unpaired) electrons. The van der Waals surface area contributed by atoms with E-state index in [1.54, 1.807) is 0 Å². The predicted molar refractivity (Wildman–Crippen MR) is 80.4 cm³/mol. The first-order valence-electron chi connectivity index (χ1n) is 5.80. The number of anilines is 1. The summed E-state index contributed by atoms with van der Waals surface area (Å²) < 4.78 is 6.70. The fraction of sp³-hybridized carbons (Fsp3) is 0. The Morgan fingerprint density at radius 3 is 2.74 bits per heavy atom. The lowest BCUT2D eigenvalue weighted by Gasteiger charge is -2.06. The number of halogens is 1. The molecule has 0 amide bonds. The molecule has 0 saturated carbocycles. The molecule has 1 aromatic heterocycles. The fourth-order valence-corrected chi connectivity index (χ4v) is 2.21. The first kappa shape index (κ1) is 12.0. The first-order chi connectivity index (χ1) is 9.20. The lowest BCUT2D eigenvalue weighted by Crippen LogP contribution is -1.90. The zero-order valence-corrected chi connectivity index (χ0v) is 11.6. The quantitative estimate of drug-likeness (QED) is 0.714. The van der Waals surface area contributed by atoms with Gasteiger partial charge in [-0.15, -0.1) is 0 Å². The number of ether oxygens (including phenoxy) is 1. The molecule has 3 nitrogen and oxygen atoms in total. The first-order valence-corrected chi connectivity index (χ1v) is 6.60. The molecule has 3 aromatic rings. The van der Waals surface area contributed by atoms with Crippen LogP contribution >= 0.6 is 15.9 Å². The van der Waals surface area contributed by atoms with Crippen LogP contribution in [0.5, 0.6) is 11.6 Å². The van der Waals surface area contributed by atoms with Crippen molar-refractivity contribution in [3.8, 4) is 11.6 Å². The number of rotatable bonds is 2. The molecule has 0 fully saturated rings. The van der Waals surface area contributed by atoms with E-state index in [2.05, 4.69) is 20.9 Å². The maximum atomic E-state index is 5.74. The van der Waals surface area contributed by atoms with Gasteiger partial charge in [0.05, 0.1) is 5.52 Å². The highest BCUT2D eigenvalue weighted by molar-refractivity contribution is 9.10. The van der Waals surface area contributed by atoms with E-state index in [0.29, 0.717) is 5.88 Å². The number of aromatic nitrogens is 1. The summed E-state index contributed by atoms with van der Waals surface area (Å²) in [6, 6.07) is 17.1. The summed E-state index contributed by atoms with van der Waals surface area (Å²) in [5.41, 5.74) is 7.33. The van der Waals surface area contributed by atoms with Crippen LogP contribution in [0.2, 0.25) is 0 Å². The van der Waals surface area contributed by atoms with Crippen LogP contribution in [0.15, 0.2) is 59.1 Å². The van der Waals surface area contributed by atoms with Crippen LogP contribution in [0.1, 0.15) is 0 Å². The predicted octanol–water partition coefficient (Wildman–Crippen LogP) is 4.37. The van der Waals surface area contributed by atoms with Crippen LogP contribution in [0.3, 0.4) is 0 Å². The molecule has 2 aromatic carbocycles. The Morgan fingerprint density at radius 1 is 1.00 bits per heavy atom. The molecule has 0 bridgehead atoms. The van der Waals surface area contributed by atoms with Gasteiger partial charge in [-0.3, -0.25) is 0 Å². The van der Waals surface area contributed by atoms with Crippen molar-refractivity contribution >= 4 is 32.5 Å². The Bertz CT molecular complexity index is 743. The summed E-state index contributed by atoms with van der Waals surface area (Å²) in [6.45, 7) is 0. The molecular formula is C15H11BrN2O. The van der Waals surface area contributed by atoms with Crippen LogP contribution in [0, 0.1) is 0 Å². The van der Waals surface area contributed by atoms with Crippen LogP contribution in [-0.2, 0) is 0 Å². The van der Waals surface area contributed by atoms with Gasteiger partial charge in [0.15, 0.2) is 0 Å². The minimum Gasteiger partial charge on any atom is -0.439 e. The van der Waals surface area contributed by atoms with Gasteiger partial charge in [-0.05, 0) is 42.5 Å². The molecule has 0 aliphatic rings. The van der Waals surface area contributed by atoms with E-state index in [0.717, 1.165) is 26.8 Å². The standard InChI is InChI=1S/C15H11BrN2O/c16-11-2-1-3-13(9-11)19-15-7-4-10-8-12(17)5-6-14(10)18-15/h1-9H,17H2. The van der Waals surface area contributed by atoms with Crippen molar-refractivity contribution in [1.29, 1.82) is 0 Å². The molecule has 3 rings (SSSR count). The zero-order valence-electron chi connectivity index (χ0n) is 10.0. The van der Waals surface area contributed by atoms with Gasteiger partial charge in [0.2, 0.25) is 5.88 Å². The van der Waals surface area contributed by atoms with E-state index < -0.39 is 0 Å². The van der Waals surface area contributed by atoms with Gasteiger partial charge in [-0.1, -0.05) is 22.0 Å². The number of hydrogen-bond acceptors (Lipinski definition) is 3. The van der Waals surface area contributed by atoms with Gasteiger partial charge < -0.3 is 10.5 Å². The van der Waals surface area contributed by atoms with Crippen molar-refractivity contribution in [2.75, 3.05) is 5.73 Å². The number of benzene rings is 2. The highest BCUT2D eigenvalue weighted by Crippen LogP contribution is 2.25. The summed E-state index contributed by atoms with van der Waals surface area (Å²) in [6.07, 6.45) is 0. The fourth-order valence-electron chi connectivity index (χ4n) is 1.83. The van der Waals surface area contributed by atoms with E-state index in [9.17, 15) is 0 Å². The maximum absolute atomic E-state index is 5.74. The summed E-state index contributed by atoms with van der Waals surface area (Å²) in [7, 11) is 0. The summed E-state index contributed by atoms with van der Waals surface area (Å²) in [5.74, 6) is 1.31. The van der Waals surface area contributed by atoms with Gasteiger partial charge in [0, 0.05) is 21.6 Å². The Hall–Kier alpha value is -2.07. The van der Waals surface area contributed by atoms with Crippen LogP contribution in [-0.4, -0.2) is 4.98 Å². The van der Waals surface area contributed by atoms with Crippen molar-refractivity contribution in [3.63, 3.8) is 0 Å². The van der Waals surface area contributed by atoms with Crippen LogP contribution in [0.25, 0.3) is 10.9 Å². The smallest absolute Gasteiger partial charge is 0.219 e. The Balaban J connectivity index is 1.95. The second kappa shape index (κ2) is 4.90. The number of nitrogen functional groups attached to an aromatic ring is 1. The normalized spacial score (nSPS) is 10.6. The average molecular weight is 315 g/mol.